The largest absolute Gasteiger partial charge is 0.349 e. The van der Waals surface area contributed by atoms with E-state index in [1.54, 1.807) is 0 Å². The van der Waals surface area contributed by atoms with E-state index in [0.717, 1.165) is 13.1 Å². The van der Waals surface area contributed by atoms with Gasteiger partial charge in [0.1, 0.15) is 0 Å². The maximum Gasteiger partial charge on any atom is 0.225 e. The lowest BCUT2D eigenvalue weighted by atomic mass is 9.95. The smallest absolute Gasteiger partial charge is 0.225 e. The zero-order valence-electron chi connectivity index (χ0n) is 11.4. The van der Waals surface area contributed by atoms with Crippen LogP contribution >= 0.6 is 0 Å². The summed E-state index contributed by atoms with van der Waals surface area (Å²) >= 11 is 0. The van der Waals surface area contributed by atoms with Crippen LogP contribution in [0, 0.1) is 17.8 Å². The number of carbonyl (C=O) groups excluding carboxylic acids is 1. The lowest BCUT2D eigenvalue weighted by Crippen LogP contribution is -2.37. The van der Waals surface area contributed by atoms with Crippen LogP contribution in [0.2, 0.25) is 0 Å². The van der Waals surface area contributed by atoms with Gasteiger partial charge in [0.2, 0.25) is 5.91 Å². The molecule has 0 bridgehead atoms. The summed E-state index contributed by atoms with van der Waals surface area (Å²) in [4.78, 5) is 12.4. The van der Waals surface area contributed by atoms with Crippen LogP contribution in [0.5, 0.6) is 0 Å². The summed E-state index contributed by atoms with van der Waals surface area (Å²) in [5, 5.41) is 6.59. The Morgan fingerprint density at radius 1 is 1.26 bits per heavy atom. The van der Waals surface area contributed by atoms with Crippen molar-refractivity contribution in [1.82, 2.24) is 10.6 Å². The first-order chi connectivity index (χ1) is 9.25. The molecule has 1 aliphatic heterocycles. The van der Waals surface area contributed by atoms with E-state index >= 15 is 0 Å². The van der Waals surface area contributed by atoms with Gasteiger partial charge in [0, 0.05) is 6.54 Å². The van der Waals surface area contributed by atoms with Crippen molar-refractivity contribution in [2.75, 3.05) is 13.1 Å². The van der Waals surface area contributed by atoms with Gasteiger partial charge in [-0.2, -0.15) is 0 Å². The van der Waals surface area contributed by atoms with E-state index in [2.05, 4.69) is 41.8 Å². The van der Waals surface area contributed by atoms with Crippen LogP contribution < -0.4 is 10.6 Å². The molecule has 1 saturated carbocycles. The Bertz CT molecular complexity index is 441. The van der Waals surface area contributed by atoms with Crippen molar-refractivity contribution in [2.45, 2.75) is 25.8 Å². The van der Waals surface area contributed by atoms with E-state index in [9.17, 15) is 4.79 Å². The summed E-state index contributed by atoms with van der Waals surface area (Å²) in [5.41, 5.74) is 1.25. The zero-order valence-corrected chi connectivity index (χ0v) is 11.4. The maximum absolute atomic E-state index is 12.4. The van der Waals surface area contributed by atoms with Crippen molar-refractivity contribution in [3.05, 3.63) is 35.9 Å². The summed E-state index contributed by atoms with van der Waals surface area (Å²) in [6.45, 7) is 3.93. The fourth-order valence-corrected chi connectivity index (χ4v) is 2.98. The molecule has 1 saturated heterocycles. The predicted octanol–water partition coefficient (Wildman–Crippen LogP) is 2.11. The maximum atomic E-state index is 12.4. The Balaban J connectivity index is 1.70. The van der Waals surface area contributed by atoms with E-state index in [1.807, 2.05) is 6.07 Å². The van der Waals surface area contributed by atoms with Crippen molar-refractivity contribution in [1.29, 1.82) is 0 Å². The normalized spacial score (nSPS) is 28.1. The van der Waals surface area contributed by atoms with Crippen molar-refractivity contribution in [3.63, 3.8) is 0 Å². The highest BCUT2D eigenvalue weighted by molar-refractivity contribution is 5.80. The van der Waals surface area contributed by atoms with E-state index in [-0.39, 0.29) is 17.9 Å². The van der Waals surface area contributed by atoms with Crippen LogP contribution in [0.25, 0.3) is 0 Å². The van der Waals surface area contributed by atoms with Crippen LogP contribution in [0.15, 0.2) is 30.3 Å². The summed E-state index contributed by atoms with van der Waals surface area (Å²) in [6.07, 6.45) is 2.47. The molecule has 0 spiro atoms. The monoisotopic (exact) mass is 258 g/mol. The van der Waals surface area contributed by atoms with Gasteiger partial charge in [-0.3, -0.25) is 4.79 Å². The highest BCUT2D eigenvalue weighted by Crippen LogP contribution is 2.41. The molecule has 3 atom stereocenters. The lowest BCUT2D eigenvalue weighted by Gasteiger charge is -2.22. The Morgan fingerprint density at radius 2 is 2.00 bits per heavy atom. The number of hydrogen-bond acceptors (Lipinski definition) is 2. The Kier molecular flexibility index (Phi) is 3.56. The van der Waals surface area contributed by atoms with Crippen LogP contribution in [-0.4, -0.2) is 19.0 Å². The molecule has 0 radical (unpaired) electrons. The molecule has 0 aromatic heterocycles. The standard InChI is InChI=1S/C16H22N2O/c1-11-9-17-10-14(11)16(19)18-15(13-7-8-13)12-5-3-2-4-6-12/h2-6,11,13-15,17H,7-10H2,1H3,(H,18,19)/t11-,14-,15?/m1/s1. The third kappa shape index (κ3) is 2.81. The molecule has 3 heteroatoms. The second-order valence-electron chi connectivity index (χ2n) is 5.98. The highest BCUT2D eigenvalue weighted by atomic mass is 16.2. The first kappa shape index (κ1) is 12.7. The Morgan fingerprint density at radius 3 is 2.58 bits per heavy atom. The number of amides is 1. The van der Waals surface area contributed by atoms with Crippen molar-refractivity contribution in [2.24, 2.45) is 17.8 Å². The molecule has 1 unspecified atom stereocenters. The fraction of sp³-hybridized carbons (Fsp3) is 0.562. The molecule has 2 aliphatic rings. The number of carbonyl (C=O) groups is 1. The van der Waals surface area contributed by atoms with Crippen LogP contribution in [0.3, 0.4) is 0 Å². The molecule has 1 amide bonds. The van der Waals surface area contributed by atoms with Gasteiger partial charge in [-0.1, -0.05) is 37.3 Å². The third-order valence-electron chi connectivity index (χ3n) is 4.40. The van der Waals surface area contributed by atoms with E-state index in [1.165, 1.54) is 18.4 Å². The van der Waals surface area contributed by atoms with Gasteiger partial charge in [-0.05, 0) is 36.8 Å². The first-order valence-electron chi connectivity index (χ1n) is 7.31. The Hall–Kier alpha value is -1.35. The topological polar surface area (TPSA) is 41.1 Å². The molecule has 3 nitrogen and oxygen atoms in total. The third-order valence-corrected chi connectivity index (χ3v) is 4.40. The molecule has 2 fully saturated rings. The molecule has 19 heavy (non-hydrogen) atoms. The van der Waals surface area contributed by atoms with Crippen LogP contribution in [0.1, 0.15) is 31.4 Å². The molecular weight excluding hydrogens is 236 g/mol. The molecule has 1 aliphatic carbocycles. The first-order valence-corrected chi connectivity index (χ1v) is 7.31. The van der Waals surface area contributed by atoms with Crippen LogP contribution in [0.4, 0.5) is 0 Å². The molecule has 1 heterocycles. The molecule has 2 N–H and O–H groups in total. The lowest BCUT2D eigenvalue weighted by molar-refractivity contribution is -0.126. The average molecular weight is 258 g/mol. The van der Waals surface area contributed by atoms with E-state index in [0.29, 0.717) is 11.8 Å². The van der Waals surface area contributed by atoms with Gasteiger partial charge in [-0.25, -0.2) is 0 Å². The number of rotatable bonds is 4. The summed E-state index contributed by atoms with van der Waals surface area (Å²) in [6, 6.07) is 10.6. The number of benzene rings is 1. The minimum atomic E-state index is 0.130. The summed E-state index contributed by atoms with van der Waals surface area (Å²) < 4.78 is 0. The van der Waals surface area contributed by atoms with Gasteiger partial charge in [0.05, 0.1) is 12.0 Å². The van der Waals surface area contributed by atoms with Crippen molar-refractivity contribution < 1.29 is 4.79 Å². The van der Waals surface area contributed by atoms with Crippen LogP contribution in [-0.2, 0) is 4.79 Å². The van der Waals surface area contributed by atoms with Crippen molar-refractivity contribution >= 4 is 5.91 Å². The predicted molar refractivity (Wildman–Crippen MR) is 75.6 cm³/mol. The fourth-order valence-electron chi connectivity index (χ4n) is 2.98. The van der Waals surface area contributed by atoms with Gasteiger partial charge in [-0.15, -0.1) is 0 Å². The molecule has 1 aromatic rings. The highest BCUT2D eigenvalue weighted by Gasteiger charge is 2.36. The van der Waals surface area contributed by atoms with Gasteiger partial charge in [0.25, 0.3) is 0 Å². The average Bonchev–Trinajstić information content (AvgIpc) is 3.18. The summed E-state index contributed by atoms with van der Waals surface area (Å²) in [7, 11) is 0. The number of nitrogens with one attached hydrogen (secondary N) is 2. The Labute approximate surface area is 114 Å². The summed E-state index contributed by atoms with van der Waals surface area (Å²) in [5.74, 6) is 1.43. The molecular formula is C16H22N2O. The SMILES string of the molecule is C[C@@H]1CNC[C@H]1C(=O)NC(c1ccccc1)C1CC1. The van der Waals surface area contributed by atoms with Gasteiger partial charge >= 0.3 is 0 Å². The molecule has 3 rings (SSSR count). The van der Waals surface area contributed by atoms with Crippen molar-refractivity contribution in [3.8, 4) is 0 Å². The quantitative estimate of drug-likeness (QED) is 0.868. The molecule has 1 aromatic carbocycles. The van der Waals surface area contributed by atoms with E-state index in [4.69, 9.17) is 0 Å². The second kappa shape index (κ2) is 5.33. The number of hydrogen-bond donors (Lipinski definition) is 2. The minimum Gasteiger partial charge on any atom is -0.349 e. The second-order valence-corrected chi connectivity index (χ2v) is 5.98. The zero-order chi connectivity index (χ0) is 13.2. The molecule has 102 valence electrons. The van der Waals surface area contributed by atoms with Gasteiger partial charge < -0.3 is 10.6 Å². The van der Waals surface area contributed by atoms with E-state index < -0.39 is 0 Å². The van der Waals surface area contributed by atoms with Gasteiger partial charge in [0.15, 0.2) is 0 Å². The minimum absolute atomic E-state index is 0.130.